The van der Waals surface area contributed by atoms with Gasteiger partial charge in [-0.25, -0.2) is 8.78 Å². The minimum Gasteiger partial charge on any atom is -0.206 e. The van der Waals surface area contributed by atoms with Crippen LogP contribution in [0.2, 0.25) is 5.02 Å². The van der Waals surface area contributed by atoms with Gasteiger partial charge in [0.15, 0.2) is 0 Å². The summed E-state index contributed by atoms with van der Waals surface area (Å²) < 4.78 is 26.6. The first-order valence-corrected chi connectivity index (χ1v) is 5.42. The predicted molar refractivity (Wildman–Crippen MR) is 66.7 cm³/mol. The maximum Gasteiger partial charge on any atom is 0.133 e. The van der Waals surface area contributed by atoms with Crippen LogP contribution in [0.1, 0.15) is 11.1 Å². The number of hydrogen-bond acceptors (Lipinski definition) is 0. The van der Waals surface area contributed by atoms with Gasteiger partial charge in [-0.1, -0.05) is 35.9 Å². The Balaban J connectivity index is 2.29. The van der Waals surface area contributed by atoms with E-state index in [9.17, 15) is 8.78 Å². The lowest BCUT2D eigenvalue weighted by Crippen LogP contribution is -1.86. The van der Waals surface area contributed by atoms with Crippen molar-refractivity contribution in [2.45, 2.75) is 0 Å². The van der Waals surface area contributed by atoms with Crippen molar-refractivity contribution in [1.82, 2.24) is 0 Å². The van der Waals surface area contributed by atoms with Gasteiger partial charge in [-0.05, 0) is 35.9 Å². The second-order valence-corrected chi connectivity index (χ2v) is 3.96. The van der Waals surface area contributed by atoms with Crippen molar-refractivity contribution in [3.05, 3.63) is 70.2 Å². The summed E-state index contributed by atoms with van der Waals surface area (Å²) in [7, 11) is 0. The highest BCUT2D eigenvalue weighted by atomic mass is 35.5. The molecule has 86 valence electrons. The first kappa shape index (κ1) is 11.8. The zero-order valence-corrected chi connectivity index (χ0v) is 9.59. The Kier molecular flexibility index (Phi) is 3.55. The molecule has 0 N–H and O–H groups in total. The number of halogens is 3. The topological polar surface area (TPSA) is 0 Å². The zero-order valence-electron chi connectivity index (χ0n) is 8.83. The maximum atomic E-state index is 13.3. The largest absolute Gasteiger partial charge is 0.206 e. The third-order valence-corrected chi connectivity index (χ3v) is 2.56. The highest BCUT2D eigenvalue weighted by Crippen LogP contribution is 2.16. The molecule has 0 aliphatic carbocycles. The van der Waals surface area contributed by atoms with E-state index >= 15 is 0 Å². The summed E-state index contributed by atoms with van der Waals surface area (Å²) in [6.45, 7) is 0. The second-order valence-electron chi connectivity index (χ2n) is 3.52. The summed E-state index contributed by atoms with van der Waals surface area (Å²) >= 11 is 5.74. The van der Waals surface area contributed by atoms with Crippen molar-refractivity contribution in [3.8, 4) is 0 Å². The molecule has 0 unspecified atom stereocenters. The van der Waals surface area contributed by atoms with Crippen molar-refractivity contribution in [1.29, 1.82) is 0 Å². The third kappa shape index (κ3) is 2.92. The smallest absolute Gasteiger partial charge is 0.133 e. The molecule has 0 spiro atoms. The molecule has 0 saturated heterocycles. The van der Waals surface area contributed by atoms with E-state index in [2.05, 4.69) is 0 Å². The standard InChI is InChI=1S/C14H9ClF2/c15-11-7-4-10(5-8-11)6-9-12-13(16)2-1-3-14(12)17/h1-9H. The van der Waals surface area contributed by atoms with Crippen molar-refractivity contribution < 1.29 is 8.78 Å². The molecule has 0 heterocycles. The molecule has 0 aliphatic heterocycles. The molecule has 3 heteroatoms. The zero-order chi connectivity index (χ0) is 12.3. The Morgan fingerprint density at radius 1 is 0.824 bits per heavy atom. The fraction of sp³-hybridized carbons (Fsp3) is 0. The van der Waals surface area contributed by atoms with Gasteiger partial charge in [-0.3, -0.25) is 0 Å². The number of hydrogen-bond donors (Lipinski definition) is 0. The average molecular weight is 251 g/mol. The lowest BCUT2D eigenvalue weighted by atomic mass is 10.1. The van der Waals surface area contributed by atoms with E-state index in [0.717, 1.165) is 5.56 Å². The Labute approximate surface area is 103 Å². The minimum atomic E-state index is -0.574. The molecule has 0 amide bonds. The quantitative estimate of drug-likeness (QED) is 0.673. The highest BCUT2D eigenvalue weighted by Gasteiger charge is 2.03. The van der Waals surface area contributed by atoms with Crippen LogP contribution in [0.15, 0.2) is 42.5 Å². The molecule has 2 aromatic rings. The first-order valence-electron chi connectivity index (χ1n) is 5.04. The summed E-state index contributed by atoms with van der Waals surface area (Å²) in [4.78, 5) is 0. The molecule has 0 aliphatic rings. The third-order valence-electron chi connectivity index (χ3n) is 2.31. The Morgan fingerprint density at radius 2 is 1.41 bits per heavy atom. The van der Waals surface area contributed by atoms with Gasteiger partial charge in [0.05, 0.1) is 0 Å². The fourth-order valence-corrected chi connectivity index (χ4v) is 1.55. The molecular weight excluding hydrogens is 242 g/mol. The molecule has 2 aromatic carbocycles. The maximum absolute atomic E-state index is 13.3. The number of rotatable bonds is 2. The average Bonchev–Trinajstić information content (AvgIpc) is 2.31. The molecule has 0 aromatic heterocycles. The number of benzene rings is 2. The van der Waals surface area contributed by atoms with Crippen molar-refractivity contribution in [3.63, 3.8) is 0 Å². The van der Waals surface area contributed by atoms with Gasteiger partial charge in [0.1, 0.15) is 11.6 Å². The van der Waals surface area contributed by atoms with E-state index in [1.807, 2.05) is 0 Å². The molecule has 17 heavy (non-hydrogen) atoms. The molecule has 0 radical (unpaired) electrons. The molecule has 0 atom stereocenters. The van der Waals surface area contributed by atoms with Gasteiger partial charge in [0.2, 0.25) is 0 Å². The van der Waals surface area contributed by atoms with Gasteiger partial charge in [-0.15, -0.1) is 0 Å². The van der Waals surface area contributed by atoms with Crippen molar-refractivity contribution in [2.75, 3.05) is 0 Å². The summed E-state index contributed by atoms with van der Waals surface area (Å²) in [5, 5.41) is 0.624. The molecule has 0 fully saturated rings. The minimum absolute atomic E-state index is 0.0394. The van der Waals surface area contributed by atoms with Crippen LogP contribution in [0.3, 0.4) is 0 Å². The summed E-state index contributed by atoms with van der Waals surface area (Å²) in [5.74, 6) is -1.15. The van der Waals surface area contributed by atoms with Crippen LogP contribution in [0.25, 0.3) is 12.2 Å². The van der Waals surface area contributed by atoms with Crippen LogP contribution in [-0.4, -0.2) is 0 Å². The summed E-state index contributed by atoms with van der Waals surface area (Å²) in [6, 6.07) is 10.8. The lowest BCUT2D eigenvalue weighted by Gasteiger charge is -1.98. The lowest BCUT2D eigenvalue weighted by molar-refractivity contribution is 0.579. The van der Waals surface area contributed by atoms with Gasteiger partial charge >= 0.3 is 0 Å². The van der Waals surface area contributed by atoms with E-state index in [-0.39, 0.29) is 5.56 Å². The van der Waals surface area contributed by atoms with E-state index < -0.39 is 11.6 Å². The van der Waals surface area contributed by atoms with Gasteiger partial charge < -0.3 is 0 Å². The molecule has 0 saturated carbocycles. The van der Waals surface area contributed by atoms with Gasteiger partial charge in [0.25, 0.3) is 0 Å². The van der Waals surface area contributed by atoms with E-state index in [4.69, 9.17) is 11.6 Å². The van der Waals surface area contributed by atoms with Crippen LogP contribution >= 0.6 is 11.6 Å². The fourth-order valence-electron chi connectivity index (χ4n) is 1.42. The predicted octanol–water partition coefficient (Wildman–Crippen LogP) is 4.79. The van der Waals surface area contributed by atoms with E-state index in [0.29, 0.717) is 5.02 Å². The summed E-state index contributed by atoms with van der Waals surface area (Å²) in [6.07, 6.45) is 3.05. The second kappa shape index (κ2) is 5.11. The normalized spacial score (nSPS) is 11.0. The van der Waals surface area contributed by atoms with Crippen LogP contribution < -0.4 is 0 Å². The van der Waals surface area contributed by atoms with Crippen LogP contribution in [0.5, 0.6) is 0 Å². The molecule has 0 nitrogen and oxygen atoms in total. The SMILES string of the molecule is Fc1cccc(F)c1C=Cc1ccc(Cl)cc1. The monoisotopic (exact) mass is 250 g/mol. The van der Waals surface area contributed by atoms with Crippen molar-refractivity contribution in [2.24, 2.45) is 0 Å². The Bertz CT molecular complexity index is 524. The Morgan fingerprint density at radius 3 is 2.00 bits per heavy atom. The summed E-state index contributed by atoms with van der Waals surface area (Å²) in [5.41, 5.74) is 0.791. The molecule has 0 bridgehead atoms. The molecular formula is C14H9ClF2. The van der Waals surface area contributed by atoms with Crippen LogP contribution in [-0.2, 0) is 0 Å². The van der Waals surface area contributed by atoms with E-state index in [1.165, 1.54) is 24.3 Å². The Hall–Kier alpha value is -1.67. The van der Waals surface area contributed by atoms with Crippen molar-refractivity contribution >= 4 is 23.8 Å². The van der Waals surface area contributed by atoms with Crippen LogP contribution in [0.4, 0.5) is 8.78 Å². The van der Waals surface area contributed by atoms with Crippen LogP contribution in [0, 0.1) is 11.6 Å². The highest BCUT2D eigenvalue weighted by molar-refractivity contribution is 6.30. The van der Waals surface area contributed by atoms with Gasteiger partial charge in [-0.2, -0.15) is 0 Å². The van der Waals surface area contributed by atoms with Gasteiger partial charge in [0, 0.05) is 10.6 Å². The van der Waals surface area contributed by atoms with E-state index in [1.54, 1.807) is 30.3 Å². The molecule has 2 rings (SSSR count). The first-order chi connectivity index (χ1) is 8.16.